The molecular weight excluding hydrogens is 168 g/mol. The first-order chi connectivity index (χ1) is 6.20. The minimum atomic E-state index is -0.241. The van der Waals surface area contributed by atoms with Crippen molar-refractivity contribution in [3.05, 3.63) is 30.3 Å². The van der Waals surface area contributed by atoms with Gasteiger partial charge in [0.15, 0.2) is 17.2 Å². The zero-order valence-corrected chi connectivity index (χ0v) is 6.69. The molecule has 0 saturated carbocycles. The second-order valence-electron chi connectivity index (χ2n) is 2.78. The highest BCUT2D eigenvalue weighted by atomic mass is 16.3. The fourth-order valence-electron chi connectivity index (χ4n) is 1.30. The number of hydrogen-bond donors (Lipinski definition) is 2. The molecule has 2 rings (SSSR count). The lowest BCUT2D eigenvalue weighted by atomic mass is 10.1. The van der Waals surface area contributed by atoms with Crippen LogP contribution in [0.25, 0.3) is 10.8 Å². The Bertz CT molecular complexity index is 463. The predicted octanol–water partition coefficient (Wildman–Crippen LogP) is 2.39. The zero-order valence-electron chi connectivity index (χ0n) is 6.69. The highest BCUT2D eigenvalue weighted by molar-refractivity contribution is 5.94. The van der Waals surface area contributed by atoms with Crippen molar-refractivity contribution in [2.24, 2.45) is 0 Å². The second-order valence-corrected chi connectivity index (χ2v) is 2.78. The summed E-state index contributed by atoms with van der Waals surface area (Å²) in [5.41, 5.74) is 0. The normalized spacial score (nSPS) is 10.5. The molecule has 0 aliphatic carbocycles. The largest absolute Gasteiger partial charge is 0.504 e. The number of phenols is 2. The molecule has 0 aliphatic heterocycles. The third-order valence-electron chi connectivity index (χ3n) is 1.97. The summed E-state index contributed by atoms with van der Waals surface area (Å²) in [6, 6.07) is 7.35. The van der Waals surface area contributed by atoms with E-state index in [-0.39, 0.29) is 17.2 Å². The van der Waals surface area contributed by atoms with Crippen LogP contribution in [0.1, 0.15) is 0 Å². The van der Waals surface area contributed by atoms with Crippen molar-refractivity contribution in [1.82, 2.24) is 0 Å². The minimum absolute atomic E-state index is 0.159. The molecule has 0 atom stereocenters. The van der Waals surface area contributed by atoms with E-state index in [1.165, 1.54) is 18.2 Å². The first kappa shape index (κ1) is 7.73. The van der Waals surface area contributed by atoms with Crippen LogP contribution in [0.4, 0.5) is 0 Å². The molecule has 3 nitrogen and oxygen atoms in total. The summed E-state index contributed by atoms with van der Waals surface area (Å²) in [7, 11) is 0. The van der Waals surface area contributed by atoms with Gasteiger partial charge in [0.25, 0.3) is 0 Å². The highest BCUT2D eigenvalue weighted by Crippen LogP contribution is 2.36. The minimum Gasteiger partial charge on any atom is -0.504 e. The molecule has 0 amide bonds. The quantitative estimate of drug-likeness (QED) is 0.604. The molecule has 2 aromatic rings. The van der Waals surface area contributed by atoms with Crippen molar-refractivity contribution in [1.29, 1.82) is 0 Å². The number of aromatic hydroxyl groups is 2. The third-order valence-corrected chi connectivity index (χ3v) is 1.97. The Morgan fingerprint density at radius 3 is 2.46 bits per heavy atom. The lowest BCUT2D eigenvalue weighted by Gasteiger charge is -2.02. The lowest BCUT2D eigenvalue weighted by molar-refractivity contribution is 0.360. The average Bonchev–Trinajstić information content (AvgIpc) is 2.12. The van der Waals surface area contributed by atoms with Crippen LogP contribution in [0.15, 0.2) is 30.3 Å². The summed E-state index contributed by atoms with van der Waals surface area (Å²) in [4.78, 5) is 0. The molecule has 0 heterocycles. The number of fused-ring (bicyclic) bond motifs is 1. The number of rotatable bonds is 0. The Balaban J connectivity index is 2.94. The molecule has 0 spiro atoms. The Morgan fingerprint density at radius 2 is 1.69 bits per heavy atom. The van der Waals surface area contributed by atoms with Gasteiger partial charge < -0.3 is 10.2 Å². The second kappa shape index (κ2) is 2.55. The van der Waals surface area contributed by atoms with E-state index >= 15 is 0 Å². The first-order valence-electron chi connectivity index (χ1n) is 3.81. The molecule has 65 valence electrons. The van der Waals surface area contributed by atoms with Gasteiger partial charge in [0.2, 0.25) is 0 Å². The van der Waals surface area contributed by atoms with Crippen LogP contribution in [0.5, 0.6) is 17.2 Å². The average molecular weight is 175 g/mol. The summed E-state index contributed by atoms with van der Waals surface area (Å²) in [5.74, 6) is -0.610. The van der Waals surface area contributed by atoms with Gasteiger partial charge in [-0.3, -0.25) is 5.11 Å². The van der Waals surface area contributed by atoms with Crippen LogP contribution in [0, 0.1) is 0 Å². The van der Waals surface area contributed by atoms with E-state index in [9.17, 15) is 10.2 Å². The lowest BCUT2D eigenvalue weighted by Crippen LogP contribution is -1.75. The molecule has 1 radical (unpaired) electrons. The van der Waals surface area contributed by atoms with Gasteiger partial charge in [0.05, 0.1) is 0 Å². The van der Waals surface area contributed by atoms with E-state index in [1.54, 1.807) is 12.1 Å². The van der Waals surface area contributed by atoms with Crippen molar-refractivity contribution in [2.75, 3.05) is 0 Å². The van der Waals surface area contributed by atoms with E-state index in [2.05, 4.69) is 0 Å². The molecule has 0 bridgehead atoms. The topological polar surface area (TPSA) is 60.4 Å². The Morgan fingerprint density at radius 1 is 0.923 bits per heavy atom. The van der Waals surface area contributed by atoms with Gasteiger partial charge in [-0.25, -0.2) is 0 Å². The summed E-state index contributed by atoms with van der Waals surface area (Å²) in [6.07, 6.45) is 0. The van der Waals surface area contributed by atoms with Crippen LogP contribution in [-0.2, 0) is 5.11 Å². The van der Waals surface area contributed by atoms with E-state index in [1.807, 2.05) is 0 Å². The smallest absolute Gasteiger partial charge is 0.186 e. The maximum Gasteiger partial charge on any atom is 0.186 e. The van der Waals surface area contributed by atoms with Gasteiger partial charge in [0, 0.05) is 10.8 Å². The van der Waals surface area contributed by atoms with E-state index in [4.69, 9.17) is 5.11 Å². The highest BCUT2D eigenvalue weighted by Gasteiger charge is 2.07. The van der Waals surface area contributed by atoms with Crippen LogP contribution >= 0.6 is 0 Å². The van der Waals surface area contributed by atoms with E-state index in [0.29, 0.717) is 10.8 Å². The summed E-state index contributed by atoms with van der Waals surface area (Å²) < 4.78 is 0. The number of benzene rings is 2. The van der Waals surface area contributed by atoms with Crippen molar-refractivity contribution in [3.8, 4) is 17.2 Å². The monoisotopic (exact) mass is 175 g/mol. The van der Waals surface area contributed by atoms with Crippen LogP contribution in [0.2, 0.25) is 0 Å². The number of phenolic OH excluding ortho intramolecular Hbond substituents is 2. The fraction of sp³-hybridized carbons (Fsp3) is 0. The van der Waals surface area contributed by atoms with Crippen LogP contribution in [0.3, 0.4) is 0 Å². The molecule has 2 aromatic carbocycles. The standard InChI is InChI=1S/C10H7O3/c11-8-3-1-2-7-6(8)4-5-9(12)10(7)13/h1-5,12-13H. The first-order valence-corrected chi connectivity index (χ1v) is 3.81. The van der Waals surface area contributed by atoms with E-state index < -0.39 is 0 Å². The summed E-state index contributed by atoms with van der Waals surface area (Å²) in [5, 5.41) is 30.6. The van der Waals surface area contributed by atoms with Crippen molar-refractivity contribution >= 4 is 10.8 Å². The van der Waals surface area contributed by atoms with Gasteiger partial charge in [0.1, 0.15) is 0 Å². The van der Waals surface area contributed by atoms with Crippen molar-refractivity contribution < 1.29 is 15.3 Å². The molecule has 0 fully saturated rings. The summed E-state index contributed by atoms with van der Waals surface area (Å²) in [6.45, 7) is 0. The Labute approximate surface area is 74.5 Å². The molecular formula is C10H7O3. The molecule has 3 heteroatoms. The molecule has 0 aromatic heterocycles. The molecule has 0 unspecified atom stereocenters. The number of hydrogen-bond acceptors (Lipinski definition) is 2. The van der Waals surface area contributed by atoms with Crippen molar-refractivity contribution in [2.45, 2.75) is 0 Å². The fourth-order valence-corrected chi connectivity index (χ4v) is 1.30. The third kappa shape index (κ3) is 1.05. The SMILES string of the molecule is [O]c1cccc2c(O)c(O)ccc12. The summed E-state index contributed by atoms with van der Waals surface area (Å²) >= 11 is 0. The zero-order chi connectivity index (χ0) is 9.42. The Kier molecular flexibility index (Phi) is 1.52. The van der Waals surface area contributed by atoms with Crippen LogP contribution in [-0.4, -0.2) is 10.2 Å². The maximum absolute atomic E-state index is 11.2. The van der Waals surface area contributed by atoms with Gasteiger partial charge >= 0.3 is 0 Å². The van der Waals surface area contributed by atoms with Gasteiger partial charge in [-0.2, -0.15) is 0 Å². The molecule has 2 N–H and O–H groups in total. The maximum atomic E-state index is 11.2. The molecule has 0 saturated heterocycles. The molecule has 13 heavy (non-hydrogen) atoms. The van der Waals surface area contributed by atoms with Crippen molar-refractivity contribution in [3.63, 3.8) is 0 Å². The van der Waals surface area contributed by atoms with Gasteiger partial charge in [-0.15, -0.1) is 0 Å². The van der Waals surface area contributed by atoms with E-state index in [0.717, 1.165) is 0 Å². The predicted molar refractivity (Wildman–Crippen MR) is 47.4 cm³/mol. The van der Waals surface area contributed by atoms with Gasteiger partial charge in [-0.05, 0) is 18.2 Å². The van der Waals surface area contributed by atoms with Crippen LogP contribution < -0.4 is 0 Å². The molecule has 0 aliphatic rings. The Hall–Kier alpha value is -1.90. The van der Waals surface area contributed by atoms with Gasteiger partial charge in [-0.1, -0.05) is 12.1 Å².